The van der Waals surface area contributed by atoms with E-state index < -0.39 is 5.41 Å². The van der Waals surface area contributed by atoms with E-state index >= 15 is 0 Å². The number of benzene rings is 1. The third-order valence-corrected chi connectivity index (χ3v) is 4.34. The van der Waals surface area contributed by atoms with E-state index in [4.69, 9.17) is 11.6 Å². The molecule has 3 heteroatoms. The van der Waals surface area contributed by atoms with Gasteiger partial charge in [0.15, 0.2) is 0 Å². The van der Waals surface area contributed by atoms with Crippen LogP contribution in [0.4, 0.5) is 5.69 Å². The van der Waals surface area contributed by atoms with E-state index in [9.17, 15) is 4.79 Å². The van der Waals surface area contributed by atoms with Crippen LogP contribution in [0, 0.1) is 5.92 Å². The largest absolute Gasteiger partial charge is 0.313 e. The van der Waals surface area contributed by atoms with Gasteiger partial charge in [-0.1, -0.05) is 58.4 Å². The molecule has 0 saturated carbocycles. The number of carbonyl (C=O) groups excluding carboxylic acids is 1. The summed E-state index contributed by atoms with van der Waals surface area (Å²) in [6.07, 6.45) is 0.807. The molecule has 0 aliphatic carbocycles. The standard InChI is InChI=1S/C14H18ClNO.C2H6/c1-5-14(9(2)3)10-7-6-8-11(15)12(10)16(4)13(14)17;1-2/h6-9H,5H2,1-4H3;1-2H3. The van der Waals surface area contributed by atoms with Crippen LogP contribution in [0.15, 0.2) is 18.2 Å². The minimum Gasteiger partial charge on any atom is -0.313 e. The molecule has 1 unspecified atom stereocenters. The quantitative estimate of drug-likeness (QED) is 0.773. The summed E-state index contributed by atoms with van der Waals surface area (Å²) in [4.78, 5) is 14.3. The number of hydrogen-bond acceptors (Lipinski definition) is 1. The van der Waals surface area contributed by atoms with Gasteiger partial charge in [-0.3, -0.25) is 4.79 Å². The van der Waals surface area contributed by atoms with Crippen LogP contribution in [0.3, 0.4) is 0 Å². The van der Waals surface area contributed by atoms with Crippen molar-refractivity contribution in [3.8, 4) is 0 Å². The molecule has 1 aliphatic rings. The second-order valence-corrected chi connectivity index (χ2v) is 5.39. The number of nitrogens with zero attached hydrogens (tertiary/aromatic N) is 1. The first-order valence-electron chi connectivity index (χ1n) is 7.04. The molecule has 0 N–H and O–H groups in total. The van der Waals surface area contributed by atoms with E-state index in [1.54, 1.807) is 4.90 Å². The van der Waals surface area contributed by atoms with Gasteiger partial charge >= 0.3 is 0 Å². The van der Waals surface area contributed by atoms with Crippen molar-refractivity contribution in [3.05, 3.63) is 28.8 Å². The number of amides is 1. The molecule has 1 heterocycles. The molecule has 2 nitrogen and oxygen atoms in total. The number of halogens is 1. The molecule has 0 fully saturated rings. The SMILES string of the molecule is CC.CCC1(C(C)C)C(=O)N(C)c2c(Cl)cccc21. The van der Waals surface area contributed by atoms with Crippen molar-refractivity contribution in [2.45, 2.75) is 46.5 Å². The van der Waals surface area contributed by atoms with Gasteiger partial charge in [-0.05, 0) is 24.0 Å². The summed E-state index contributed by atoms with van der Waals surface area (Å²) in [5.74, 6) is 0.431. The van der Waals surface area contributed by atoms with E-state index in [1.807, 2.05) is 39.1 Å². The molecular weight excluding hydrogens is 258 g/mol. The van der Waals surface area contributed by atoms with Crippen molar-refractivity contribution in [1.29, 1.82) is 0 Å². The van der Waals surface area contributed by atoms with Crippen LogP contribution in [-0.4, -0.2) is 13.0 Å². The molecule has 1 aliphatic heterocycles. The summed E-state index contributed by atoms with van der Waals surface area (Å²) in [5.41, 5.74) is 1.55. The second-order valence-electron chi connectivity index (χ2n) is 4.98. The summed E-state index contributed by atoms with van der Waals surface area (Å²) in [6, 6.07) is 5.81. The Kier molecular flexibility index (Phi) is 5.03. The maximum absolute atomic E-state index is 12.6. The van der Waals surface area contributed by atoms with Crippen LogP contribution in [0.5, 0.6) is 0 Å². The van der Waals surface area contributed by atoms with E-state index in [0.29, 0.717) is 5.02 Å². The maximum Gasteiger partial charge on any atom is 0.237 e. The average molecular weight is 282 g/mol. The Morgan fingerprint density at radius 2 is 1.89 bits per heavy atom. The lowest BCUT2D eigenvalue weighted by atomic mass is 9.70. The highest BCUT2D eigenvalue weighted by atomic mass is 35.5. The fourth-order valence-corrected chi connectivity index (χ4v) is 3.34. The Bertz CT molecular complexity index is 470. The van der Waals surface area contributed by atoms with Crippen molar-refractivity contribution >= 4 is 23.2 Å². The third kappa shape index (κ3) is 2.16. The van der Waals surface area contributed by atoms with Crippen LogP contribution < -0.4 is 4.90 Å². The molecule has 0 saturated heterocycles. The lowest BCUT2D eigenvalue weighted by molar-refractivity contribution is -0.124. The molecule has 2 rings (SSSR count). The first-order chi connectivity index (χ1) is 8.96. The molecule has 106 valence electrons. The highest BCUT2D eigenvalue weighted by molar-refractivity contribution is 6.35. The Labute approximate surface area is 121 Å². The molecule has 1 amide bonds. The zero-order valence-electron chi connectivity index (χ0n) is 12.7. The fraction of sp³-hybridized carbons (Fsp3) is 0.562. The van der Waals surface area contributed by atoms with Gasteiger partial charge in [-0.2, -0.15) is 0 Å². The van der Waals surface area contributed by atoms with Gasteiger partial charge in [0.1, 0.15) is 0 Å². The van der Waals surface area contributed by atoms with Crippen molar-refractivity contribution < 1.29 is 4.79 Å². The van der Waals surface area contributed by atoms with Gasteiger partial charge in [-0.25, -0.2) is 0 Å². The van der Waals surface area contributed by atoms with Crippen molar-refractivity contribution in [3.63, 3.8) is 0 Å². The molecule has 0 spiro atoms. The van der Waals surface area contributed by atoms with E-state index in [2.05, 4.69) is 20.8 Å². The second kappa shape index (κ2) is 5.96. The highest BCUT2D eigenvalue weighted by Crippen LogP contribution is 2.50. The monoisotopic (exact) mass is 281 g/mol. The van der Waals surface area contributed by atoms with Crippen LogP contribution in [0.1, 0.15) is 46.6 Å². The topological polar surface area (TPSA) is 20.3 Å². The summed E-state index contributed by atoms with van der Waals surface area (Å²) in [5, 5.41) is 0.661. The van der Waals surface area contributed by atoms with E-state index in [-0.39, 0.29) is 11.8 Å². The minimum atomic E-state index is -0.408. The first-order valence-corrected chi connectivity index (χ1v) is 7.41. The number of anilines is 1. The number of fused-ring (bicyclic) bond motifs is 1. The summed E-state index contributed by atoms with van der Waals surface area (Å²) in [7, 11) is 1.81. The molecule has 19 heavy (non-hydrogen) atoms. The Hall–Kier alpha value is -1.02. The Morgan fingerprint density at radius 3 is 2.37 bits per heavy atom. The third-order valence-electron chi connectivity index (χ3n) is 4.03. The van der Waals surface area contributed by atoms with Gasteiger partial charge in [-0.15, -0.1) is 0 Å². The lowest BCUT2D eigenvalue weighted by Gasteiger charge is -2.31. The summed E-state index contributed by atoms with van der Waals surface area (Å²) < 4.78 is 0. The number of para-hydroxylation sites is 1. The molecule has 1 atom stereocenters. The molecule has 1 aromatic carbocycles. The first kappa shape index (κ1) is 16.0. The van der Waals surface area contributed by atoms with Crippen molar-refractivity contribution in [1.82, 2.24) is 0 Å². The van der Waals surface area contributed by atoms with Gasteiger partial charge in [0.2, 0.25) is 5.91 Å². The lowest BCUT2D eigenvalue weighted by Crippen LogP contribution is -2.42. The normalized spacial score (nSPS) is 21.3. The fourth-order valence-electron chi connectivity index (χ4n) is 3.04. The van der Waals surface area contributed by atoms with Crippen molar-refractivity contribution in [2.24, 2.45) is 5.92 Å². The smallest absolute Gasteiger partial charge is 0.237 e. The Morgan fingerprint density at radius 1 is 1.32 bits per heavy atom. The molecule has 0 radical (unpaired) electrons. The zero-order chi connectivity index (χ0) is 14.8. The van der Waals surface area contributed by atoms with Gasteiger partial charge in [0.25, 0.3) is 0 Å². The number of rotatable bonds is 2. The average Bonchev–Trinajstić information content (AvgIpc) is 2.63. The molecule has 0 aromatic heterocycles. The van der Waals surface area contributed by atoms with Crippen LogP contribution in [0.2, 0.25) is 5.02 Å². The zero-order valence-corrected chi connectivity index (χ0v) is 13.5. The van der Waals surface area contributed by atoms with Gasteiger partial charge < -0.3 is 4.90 Å². The van der Waals surface area contributed by atoms with Gasteiger partial charge in [0, 0.05) is 7.05 Å². The molecule has 1 aromatic rings. The van der Waals surface area contributed by atoms with Gasteiger partial charge in [0.05, 0.1) is 16.1 Å². The predicted octanol–water partition coefficient (Wildman–Crippen LogP) is 4.65. The number of likely N-dealkylation sites (N-methyl/N-ethyl adjacent to an activating group) is 1. The molecule has 0 bridgehead atoms. The summed E-state index contributed by atoms with van der Waals surface area (Å²) in [6.45, 7) is 10.3. The van der Waals surface area contributed by atoms with E-state index in [0.717, 1.165) is 17.7 Å². The van der Waals surface area contributed by atoms with Crippen molar-refractivity contribution in [2.75, 3.05) is 11.9 Å². The highest BCUT2D eigenvalue weighted by Gasteiger charge is 2.50. The predicted molar refractivity (Wildman–Crippen MR) is 83.0 cm³/mol. The molecular formula is C16H24ClNO. The maximum atomic E-state index is 12.6. The van der Waals surface area contributed by atoms with Crippen LogP contribution >= 0.6 is 11.6 Å². The number of hydrogen-bond donors (Lipinski definition) is 0. The van der Waals surface area contributed by atoms with Crippen LogP contribution in [-0.2, 0) is 10.2 Å². The van der Waals surface area contributed by atoms with Crippen LogP contribution in [0.25, 0.3) is 0 Å². The minimum absolute atomic E-state index is 0.165. The van der Waals surface area contributed by atoms with E-state index in [1.165, 1.54) is 0 Å². The summed E-state index contributed by atoms with van der Waals surface area (Å²) >= 11 is 6.22. The Balaban J connectivity index is 0.000000861. The number of carbonyl (C=O) groups is 1.